The molecule has 0 aliphatic carbocycles. The van der Waals surface area contributed by atoms with E-state index >= 15 is 0 Å². The molecule has 1 fully saturated rings. The number of aromatic nitrogens is 2. The summed E-state index contributed by atoms with van der Waals surface area (Å²) in [6.45, 7) is 0.696. The van der Waals surface area contributed by atoms with Gasteiger partial charge in [0.1, 0.15) is 6.04 Å². The van der Waals surface area contributed by atoms with Gasteiger partial charge in [-0.2, -0.15) is 16.3 Å². The van der Waals surface area contributed by atoms with E-state index in [0.717, 1.165) is 5.56 Å². The lowest BCUT2D eigenvalue weighted by molar-refractivity contribution is -0.150. The van der Waals surface area contributed by atoms with Crippen LogP contribution in [0.15, 0.2) is 21.3 Å². The molecule has 0 unspecified atom stereocenters. The van der Waals surface area contributed by atoms with Gasteiger partial charge in [-0.3, -0.25) is 14.4 Å². The number of carbonyl (C=O) groups excluding carboxylic acids is 3. The number of rotatable bonds is 6. The number of piperazine rings is 1. The standard InChI is InChI=1S/C16H18N4O5S/c1-24-14(22)8-11-16(23)17-5-6-20(11)13(21)3-2-12-18-15(19-25-12)10-4-7-26-9-10/h4,7,9,11H,2-3,5-6,8H2,1H3,(H,17,23)/t11-/m0/s1. The maximum absolute atomic E-state index is 12.5. The van der Waals surface area contributed by atoms with Crippen LogP contribution in [0.2, 0.25) is 0 Å². The minimum absolute atomic E-state index is 0.107. The Morgan fingerprint density at radius 1 is 1.50 bits per heavy atom. The van der Waals surface area contributed by atoms with E-state index in [9.17, 15) is 14.4 Å². The average Bonchev–Trinajstić information content (AvgIpc) is 3.32. The zero-order valence-electron chi connectivity index (χ0n) is 14.1. The Bertz CT molecular complexity index is 788. The predicted molar refractivity (Wildman–Crippen MR) is 91.1 cm³/mol. The number of hydrogen-bond donors (Lipinski definition) is 1. The van der Waals surface area contributed by atoms with Crippen LogP contribution in [0.3, 0.4) is 0 Å². The van der Waals surface area contributed by atoms with Crippen molar-refractivity contribution >= 4 is 29.1 Å². The molecule has 0 radical (unpaired) electrons. The van der Waals surface area contributed by atoms with E-state index in [2.05, 4.69) is 20.2 Å². The van der Waals surface area contributed by atoms with Crippen molar-refractivity contribution < 1.29 is 23.6 Å². The molecule has 1 aliphatic heterocycles. The number of methoxy groups -OCH3 is 1. The number of hydrogen-bond acceptors (Lipinski definition) is 8. The number of carbonyl (C=O) groups is 3. The molecule has 1 atom stereocenters. The molecule has 9 nitrogen and oxygen atoms in total. The van der Waals surface area contributed by atoms with Gasteiger partial charge in [0.15, 0.2) is 0 Å². The van der Waals surface area contributed by atoms with Gasteiger partial charge >= 0.3 is 5.97 Å². The predicted octanol–water partition coefficient (Wildman–Crippen LogP) is 0.621. The highest BCUT2D eigenvalue weighted by atomic mass is 32.1. The van der Waals surface area contributed by atoms with Crippen molar-refractivity contribution in [3.05, 3.63) is 22.7 Å². The first-order valence-electron chi connectivity index (χ1n) is 8.07. The van der Waals surface area contributed by atoms with E-state index in [-0.39, 0.29) is 31.1 Å². The molecule has 3 rings (SSSR count). The first-order valence-corrected chi connectivity index (χ1v) is 9.02. The first-order chi connectivity index (χ1) is 12.6. The quantitative estimate of drug-likeness (QED) is 0.733. The summed E-state index contributed by atoms with van der Waals surface area (Å²) in [7, 11) is 1.25. The van der Waals surface area contributed by atoms with Gasteiger partial charge < -0.3 is 19.5 Å². The Labute approximate surface area is 153 Å². The lowest BCUT2D eigenvalue weighted by Crippen LogP contribution is -2.57. The molecule has 2 amide bonds. The van der Waals surface area contributed by atoms with E-state index in [1.807, 2.05) is 16.8 Å². The third-order valence-corrected chi connectivity index (χ3v) is 4.72. The highest BCUT2D eigenvalue weighted by molar-refractivity contribution is 7.08. The van der Waals surface area contributed by atoms with Crippen LogP contribution in [-0.4, -0.2) is 59.1 Å². The second-order valence-corrected chi connectivity index (χ2v) is 6.48. The lowest BCUT2D eigenvalue weighted by atomic mass is 10.1. The van der Waals surface area contributed by atoms with Gasteiger partial charge in [0, 0.05) is 36.9 Å². The number of aryl methyl sites for hydroxylation is 1. The monoisotopic (exact) mass is 378 g/mol. The second kappa shape index (κ2) is 8.09. The normalized spacial score (nSPS) is 17.0. The molecule has 0 saturated carbocycles. The third kappa shape index (κ3) is 4.07. The summed E-state index contributed by atoms with van der Waals surface area (Å²) >= 11 is 1.53. The lowest BCUT2D eigenvalue weighted by Gasteiger charge is -2.34. The number of esters is 1. The average molecular weight is 378 g/mol. The molecule has 26 heavy (non-hydrogen) atoms. The molecular weight excluding hydrogens is 360 g/mol. The van der Waals surface area contributed by atoms with Gasteiger partial charge in [-0.25, -0.2) is 0 Å². The fraction of sp³-hybridized carbons (Fsp3) is 0.438. The van der Waals surface area contributed by atoms with Crippen molar-refractivity contribution in [1.82, 2.24) is 20.4 Å². The molecule has 2 aromatic heterocycles. The van der Waals surface area contributed by atoms with Gasteiger partial charge in [0.05, 0.1) is 13.5 Å². The summed E-state index contributed by atoms with van der Waals surface area (Å²) in [4.78, 5) is 41.7. The fourth-order valence-electron chi connectivity index (χ4n) is 2.68. The van der Waals surface area contributed by atoms with E-state index in [4.69, 9.17) is 4.52 Å². The van der Waals surface area contributed by atoms with Crippen molar-refractivity contribution in [2.45, 2.75) is 25.3 Å². The maximum atomic E-state index is 12.5. The number of ether oxygens (including phenoxy) is 1. The summed E-state index contributed by atoms with van der Waals surface area (Å²) in [5, 5.41) is 10.4. The van der Waals surface area contributed by atoms with Crippen LogP contribution in [-0.2, 0) is 25.5 Å². The fourth-order valence-corrected chi connectivity index (χ4v) is 3.31. The van der Waals surface area contributed by atoms with E-state index < -0.39 is 12.0 Å². The van der Waals surface area contributed by atoms with Crippen LogP contribution in [0.25, 0.3) is 11.4 Å². The van der Waals surface area contributed by atoms with Crippen molar-refractivity contribution in [2.24, 2.45) is 0 Å². The van der Waals surface area contributed by atoms with Crippen LogP contribution in [0.1, 0.15) is 18.7 Å². The molecule has 0 bridgehead atoms. The number of amides is 2. The van der Waals surface area contributed by atoms with Gasteiger partial charge in [-0.15, -0.1) is 0 Å². The molecule has 3 heterocycles. The summed E-state index contributed by atoms with van der Waals surface area (Å²) in [5.41, 5.74) is 0.863. The van der Waals surface area contributed by atoms with Crippen LogP contribution in [0.4, 0.5) is 0 Å². The van der Waals surface area contributed by atoms with Crippen molar-refractivity contribution in [3.63, 3.8) is 0 Å². The third-order valence-electron chi connectivity index (χ3n) is 4.04. The van der Waals surface area contributed by atoms with Crippen molar-refractivity contribution in [2.75, 3.05) is 20.2 Å². The second-order valence-electron chi connectivity index (χ2n) is 5.70. The topological polar surface area (TPSA) is 115 Å². The van der Waals surface area contributed by atoms with Crippen molar-refractivity contribution in [1.29, 1.82) is 0 Å². The molecule has 0 spiro atoms. The maximum Gasteiger partial charge on any atom is 0.308 e. The van der Waals surface area contributed by atoms with Gasteiger partial charge in [0.25, 0.3) is 0 Å². The van der Waals surface area contributed by atoms with E-state index in [0.29, 0.717) is 24.8 Å². The molecule has 2 aromatic rings. The van der Waals surface area contributed by atoms with Crippen LogP contribution in [0.5, 0.6) is 0 Å². The van der Waals surface area contributed by atoms with E-state index in [1.54, 1.807) is 0 Å². The molecule has 10 heteroatoms. The number of nitrogens with one attached hydrogen (secondary N) is 1. The minimum atomic E-state index is -0.854. The Morgan fingerprint density at radius 2 is 2.35 bits per heavy atom. The zero-order chi connectivity index (χ0) is 18.5. The molecule has 1 aliphatic rings. The van der Waals surface area contributed by atoms with Crippen molar-refractivity contribution in [3.8, 4) is 11.4 Å². The minimum Gasteiger partial charge on any atom is -0.469 e. The van der Waals surface area contributed by atoms with Gasteiger partial charge in [-0.05, 0) is 11.4 Å². The Kier molecular flexibility index (Phi) is 5.61. The highest BCUT2D eigenvalue weighted by Gasteiger charge is 2.34. The Balaban J connectivity index is 1.61. The van der Waals surface area contributed by atoms with Crippen LogP contribution < -0.4 is 5.32 Å². The number of thiophene rings is 1. The van der Waals surface area contributed by atoms with Gasteiger partial charge in [-0.1, -0.05) is 5.16 Å². The molecule has 1 N–H and O–H groups in total. The number of nitrogens with zero attached hydrogens (tertiary/aromatic N) is 3. The summed E-state index contributed by atoms with van der Waals surface area (Å²) in [6.07, 6.45) is 0.201. The zero-order valence-corrected chi connectivity index (χ0v) is 15.0. The largest absolute Gasteiger partial charge is 0.469 e. The van der Waals surface area contributed by atoms with Crippen LogP contribution in [0, 0.1) is 0 Å². The Morgan fingerprint density at radius 3 is 3.08 bits per heavy atom. The summed E-state index contributed by atoms with van der Waals surface area (Å²) < 4.78 is 9.78. The molecule has 0 aromatic carbocycles. The van der Waals surface area contributed by atoms with Gasteiger partial charge in [0.2, 0.25) is 23.5 Å². The first kappa shape index (κ1) is 18.1. The molecule has 138 valence electrons. The van der Waals surface area contributed by atoms with E-state index in [1.165, 1.54) is 23.3 Å². The molecule has 1 saturated heterocycles. The highest BCUT2D eigenvalue weighted by Crippen LogP contribution is 2.19. The summed E-state index contributed by atoms with van der Waals surface area (Å²) in [6, 6.07) is 1.03. The summed E-state index contributed by atoms with van der Waals surface area (Å²) in [5.74, 6) is -0.307. The van der Waals surface area contributed by atoms with Crippen LogP contribution >= 0.6 is 11.3 Å². The molecular formula is C16H18N4O5S. The SMILES string of the molecule is COC(=O)C[C@H]1C(=O)NCCN1C(=O)CCc1nc(-c2ccsc2)no1. The smallest absolute Gasteiger partial charge is 0.308 e. The Hall–Kier alpha value is -2.75.